The van der Waals surface area contributed by atoms with Gasteiger partial charge in [0, 0.05) is 3.57 Å². The van der Waals surface area contributed by atoms with E-state index in [1.807, 2.05) is 22.6 Å². The van der Waals surface area contributed by atoms with Crippen molar-refractivity contribution in [3.63, 3.8) is 0 Å². The molecular formula is C10H10F3I. The molecule has 0 nitrogen and oxygen atoms in total. The molecule has 0 saturated carbocycles. The standard InChI is InChI=1S/C10H10F3I/c1-6(2)8-5-7(14)3-4-9(8)10(11,12)13/h3-6H,1-2H3. The molecule has 0 unspecified atom stereocenters. The van der Waals surface area contributed by atoms with Crippen LogP contribution in [-0.4, -0.2) is 0 Å². The Balaban J connectivity index is 3.29. The summed E-state index contributed by atoms with van der Waals surface area (Å²) < 4.78 is 38.4. The average molecular weight is 314 g/mol. The molecule has 14 heavy (non-hydrogen) atoms. The molecule has 0 aliphatic heterocycles. The van der Waals surface area contributed by atoms with E-state index in [9.17, 15) is 13.2 Å². The molecule has 1 aromatic carbocycles. The van der Waals surface area contributed by atoms with Crippen LogP contribution < -0.4 is 0 Å². The lowest BCUT2D eigenvalue weighted by Gasteiger charge is -2.15. The Morgan fingerprint density at radius 2 is 1.79 bits per heavy atom. The van der Waals surface area contributed by atoms with Crippen molar-refractivity contribution in [1.82, 2.24) is 0 Å². The van der Waals surface area contributed by atoms with Gasteiger partial charge < -0.3 is 0 Å². The number of halogens is 4. The fourth-order valence-electron chi connectivity index (χ4n) is 1.27. The Morgan fingerprint density at radius 3 is 2.21 bits per heavy atom. The van der Waals surface area contributed by atoms with Crippen molar-refractivity contribution in [3.8, 4) is 0 Å². The van der Waals surface area contributed by atoms with E-state index in [0.717, 1.165) is 9.64 Å². The molecule has 0 aliphatic rings. The smallest absolute Gasteiger partial charge is 0.166 e. The maximum atomic E-state index is 12.5. The number of alkyl halides is 3. The molecule has 0 atom stereocenters. The molecule has 0 aromatic heterocycles. The molecule has 0 N–H and O–H groups in total. The van der Waals surface area contributed by atoms with Gasteiger partial charge in [-0.2, -0.15) is 13.2 Å². The predicted molar refractivity (Wildman–Crippen MR) is 58.3 cm³/mol. The third kappa shape index (κ3) is 2.62. The molecule has 4 heteroatoms. The predicted octanol–water partition coefficient (Wildman–Crippen LogP) is 4.43. The molecule has 1 rings (SSSR count). The second kappa shape index (κ2) is 4.08. The van der Waals surface area contributed by atoms with E-state index >= 15 is 0 Å². The Kier molecular flexibility index (Phi) is 3.44. The van der Waals surface area contributed by atoms with Crippen LogP contribution >= 0.6 is 22.6 Å². The van der Waals surface area contributed by atoms with Crippen LogP contribution in [0.4, 0.5) is 13.2 Å². The third-order valence-corrected chi connectivity index (χ3v) is 2.61. The van der Waals surface area contributed by atoms with Crippen LogP contribution in [0.15, 0.2) is 18.2 Å². The maximum Gasteiger partial charge on any atom is 0.416 e. The van der Waals surface area contributed by atoms with Crippen molar-refractivity contribution in [2.75, 3.05) is 0 Å². The minimum Gasteiger partial charge on any atom is -0.166 e. The van der Waals surface area contributed by atoms with Crippen molar-refractivity contribution >= 4 is 22.6 Å². The second-order valence-corrected chi connectivity index (χ2v) is 4.63. The Bertz CT molecular complexity index is 329. The van der Waals surface area contributed by atoms with E-state index in [2.05, 4.69) is 0 Å². The first-order valence-corrected chi connectivity index (χ1v) is 5.27. The van der Waals surface area contributed by atoms with Gasteiger partial charge in [-0.3, -0.25) is 0 Å². The highest BCUT2D eigenvalue weighted by molar-refractivity contribution is 14.1. The van der Waals surface area contributed by atoms with Crippen LogP contribution in [0, 0.1) is 3.57 Å². The highest BCUT2D eigenvalue weighted by Gasteiger charge is 2.33. The van der Waals surface area contributed by atoms with Crippen molar-refractivity contribution in [2.45, 2.75) is 25.9 Å². The monoisotopic (exact) mass is 314 g/mol. The van der Waals surface area contributed by atoms with E-state index < -0.39 is 11.7 Å². The van der Waals surface area contributed by atoms with Gasteiger partial charge in [-0.15, -0.1) is 0 Å². The largest absolute Gasteiger partial charge is 0.416 e. The molecule has 0 amide bonds. The zero-order valence-corrected chi connectivity index (χ0v) is 9.98. The van der Waals surface area contributed by atoms with Gasteiger partial charge in [0.05, 0.1) is 5.56 Å². The van der Waals surface area contributed by atoms with Crippen molar-refractivity contribution < 1.29 is 13.2 Å². The molecule has 0 aliphatic carbocycles. The van der Waals surface area contributed by atoms with Gasteiger partial charge in [0.15, 0.2) is 0 Å². The second-order valence-electron chi connectivity index (χ2n) is 3.38. The molecule has 0 saturated heterocycles. The lowest BCUT2D eigenvalue weighted by Crippen LogP contribution is -2.10. The Hall–Kier alpha value is -0.260. The summed E-state index contributed by atoms with van der Waals surface area (Å²) in [6, 6.07) is 4.22. The minimum absolute atomic E-state index is 0.110. The third-order valence-electron chi connectivity index (χ3n) is 1.94. The zero-order valence-electron chi connectivity index (χ0n) is 7.82. The number of benzene rings is 1. The van der Waals surface area contributed by atoms with Crippen molar-refractivity contribution in [1.29, 1.82) is 0 Å². The van der Waals surface area contributed by atoms with Crippen LogP contribution in [0.1, 0.15) is 30.9 Å². The van der Waals surface area contributed by atoms with E-state index in [0.29, 0.717) is 5.56 Å². The molecule has 0 bridgehead atoms. The van der Waals surface area contributed by atoms with Crippen LogP contribution in [0.25, 0.3) is 0 Å². The van der Waals surface area contributed by atoms with Crippen molar-refractivity contribution in [3.05, 3.63) is 32.9 Å². The van der Waals surface area contributed by atoms with Gasteiger partial charge in [0.2, 0.25) is 0 Å². The van der Waals surface area contributed by atoms with Gasteiger partial charge >= 0.3 is 6.18 Å². The number of hydrogen-bond acceptors (Lipinski definition) is 0. The summed E-state index contributed by atoms with van der Waals surface area (Å²) in [5.41, 5.74) is -0.155. The topological polar surface area (TPSA) is 0 Å². The lowest BCUT2D eigenvalue weighted by atomic mass is 9.97. The van der Waals surface area contributed by atoms with Gasteiger partial charge in [-0.1, -0.05) is 13.8 Å². The van der Waals surface area contributed by atoms with Crippen LogP contribution in [0.5, 0.6) is 0 Å². The van der Waals surface area contributed by atoms with E-state index in [1.165, 1.54) is 6.07 Å². The minimum atomic E-state index is -4.25. The quantitative estimate of drug-likeness (QED) is 0.673. The van der Waals surface area contributed by atoms with Gasteiger partial charge in [-0.25, -0.2) is 0 Å². The van der Waals surface area contributed by atoms with Gasteiger partial charge in [0.25, 0.3) is 0 Å². The lowest BCUT2D eigenvalue weighted by molar-refractivity contribution is -0.138. The van der Waals surface area contributed by atoms with Gasteiger partial charge in [-0.05, 0) is 52.3 Å². The molecule has 0 heterocycles. The summed E-state index contributed by atoms with van der Waals surface area (Å²) in [5.74, 6) is -0.110. The molecule has 78 valence electrons. The summed E-state index contributed by atoms with van der Waals surface area (Å²) in [6.45, 7) is 3.53. The SMILES string of the molecule is CC(C)c1cc(I)ccc1C(F)(F)F. The van der Waals surface area contributed by atoms with E-state index in [1.54, 1.807) is 19.9 Å². The molecule has 0 fully saturated rings. The summed E-state index contributed by atoms with van der Waals surface area (Å²) in [7, 11) is 0. The summed E-state index contributed by atoms with van der Waals surface area (Å²) in [4.78, 5) is 0. The van der Waals surface area contributed by atoms with E-state index in [4.69, 9.17) is 0 Å². The summed E-state index contributed by atoms with van der Waals surface area (Å²) >= 11 is 2.02. The highest BCUT2D eigenvalue weighted by atomic mass is 127. The van der Waals surface area contributed by atoms with Crippen molar-refractivity contribution in [2.24, 2.45) is 0 Å². The number of rotatable bonds is 1. The Labute approximate surface area is 94.6 Å². The Morgan fingerprint density at radius 1 is 1.21 bits per heavy atom. The fourth-order valence-corrected chi connectivity index (χ4v) is 1.78. The normalized spacial score (nSPS) is 12.2. The molecular weight excluding hydrogens is 304 g/mol. The first-order valence-electron chi connectivity index (χ1n) is 4.19. The summed E-state index contributed by atoms with van der Waals surface area (Å²) in [5, 5.41) is 0. The fraction of sp³-hybridized carbons (Fsp3) is 0.400. The van der Waals surface area contributed by atoms with Crippen LogP contribution in [0.2, 0.25) is 0 Å². The number of hydrogen-bond donors (Lipinski definition) is 0. The highest BCUT2D eigenvalue weighted by Crippen LogP contribution is 2.35. The first-order chi connectivity index (χ1) is 6.32. The van der Waals surface area contributed by atoms with Gasteiger partial charge in [0.1, 0.15) is 0 Å². The maximum absolute atomic E-state index is 12.5. The van der Waals surface area contributed by atoms with Crippen LogP contribution in [0.3, 0.4) is 0 Å². The van der Waals surface area contributed by atoms with Crippen LogP contribution in [-0.2, 0) is 6.18 Å². The zero-order chi connectivity index (χ0) is 10.9. The summed E-state index contributed by atoms with van der Waals surface area (Å²) in [6.07, 6.45) is -4.25. The first kappa shape index (κ1) is 11.8. The molecule has 1 aromatic rings. The molecule has 0 radical (unpaired) electrons. The average Bonchev–Trinajstić information content (AvgIpc) is 2.01. The van der Waals surface area contributed by atoms with E-state index in [-0.39, 0.29) is 5.92 Å². The molecule has 0 spiro atoms.